The quantitative estimate of drug-likeness (QED) is 0.804. The first-order chi connectivity index (χ1) is 7.61. The van der Waals surface area contributed by atoms with Crippen molar-refractivity contribution in [3.63, 3.8) is 0 Å². The van der Waals surface area contributed by atoms with Gasteiger partial charge in [-0.1, -0.05) is 13.3 Å². The Bertz CT molecular complexity index is 385. The highest BCUT2D eigenvalue weighted by Crippen LogP contribution is 2.35. The van der Waals surface area contributed by atoms with Gasteiger partial charge in [0, 0.05) is 6.04 Å². The van der Waals surface area contributed by atoms with Gasteiger partial charge < -0.3 is 14.8 Å². The van der Waals surface area contributed by atoms with Crippen molar-refractivity contribution in [2.75, 3.05) is 0 Å². The number of furan rings is 1. The predicted molar refractivity (Wildman–Crippen MR) is 59.4 cm³/mol. The summed E-state index contributed by atoms with van der Waals surface area (Å²) < 4.78 is 5.24. The highest BCUT2D eigenvalue weighted by Gasteiger charge is 2.36. The Hall–Kier alpha value is -1.29. The SMILES string of the molecule is CCC1CC1NC(C)c1ccc(C(=O)O)o1. The lowest BCUT2D eigenvalue weighted by Gasteiger charge is -2.10. The molecule has 4 nitrogen and oxygen atoms in total. The molecule has 1 aliphatic rings. The molecule has 0 aromatic carbocycles. The molecule has 0 radical (unpaired) electrons. The van der Waals surface area contributed by atoms with Gasteiger partial charge in [0.25, 0.3) is 0 Å². The molecule has 1 fully saturated rings. The summed E-state index contributed by atoms with van der Waals surface area (Å²) in [7, 11) is 0. The Balaban J connectivity index is 1.93. The molecule has 4 heteroatoms. The molecule has 2 N–H and O–H groups in total. The van der Waals surface area contributed by atoms with E-state index in [-0.39, 0.29) is 11.8 Å². The largest absolute Gasteiger partial charge is 0.475 e. The van der Waals surface area contributed by atoms with Crippen LogP contribution in [0.3, 0.4) is 0 Å². The molecule has 0 aliphatic heterocycles. The molecular weight excluding hydrogens is 206 g/mol. The number of hydrogen-bond acceptors (Lipinski definition) is 3. The lowest BCUT2D eigenvalue weighted by atomic mass is 10.2. The second-order valence-corrected chi connectivity index (χ2v) is 4.41. The minimum absolute atomic E-state index is 0.00601. The van der Waals surface area contributed by atoms with E-state index in [0.29, 0.717) is 11.8 Å². The number of carbonyl (C=O) groups is 1. The van der Waals surface area contributed by atoms with E-state index >= 15 is 0 Å². The van der Waals surface area contributed by atoms with E-state index in [0.717, 1.165) is 5.92 Å². The zero-order chi connectivity index (χ0) is 11.7. The van der Waals surface area contributed by atoms with Gasteiger partial charge in [-0.25, -0.2) is 4.79 Å². The Kier molecular flexibility index (Phi) is 3.01. The Morgan fingerprint density at radius 1 is 1.69 bits per heavy atom. The minimum Gasteiger partial charge on any atom is -0.475 e. The average molecular weight is 223 g/mol. The van der Waals surface area contributed by atoms with E-state index in [1.165, 1.54) is 18.9 Å². The lowest BCUT2D eigenvalue weighted by Crippen LogP contribution is -2.21. The number of rotatable bonds is 5. The normalized spacial score (nSPS) is 25.4. The van der Waals surface area contributed by atoms with E-state index in [9.17, 15) is 4.79 Å². The summed E-state index contributed by atoms with van der Waals surface area (Å²) in [6, 6.07) is 3.87. The summed E-state index contributed by atoms with van der Waals surface area (Å²) in [6.07, 6.45) is 2.41. The Labute approximate surface area is 94.6 Å². The van der Waals surface area contributed by atoms with Crippen molar-refractivity contribution >= 4 is 5.97 Å². The molecule has 1 aromatic heterocycles. The zero-order valence-corrected chi connectivity index (χ0v) is 9.56. The molecule has 2 rings (SSSR count). The van der Waals surface area contributed by atoms with E-state index < -0.39 is 5.97 Å². The first kappa shape index (κ1) is 11.2. The smallest absolute Gasteiger partial charge is 0.371 e. The van der Waals surface area contributed by atoms with Crippen molar-refractivity contribution in [1.82, 2.24) is 5.32 Å². The van der Waals surface area contributed by atoms with Crippen LogP contribution < -0.4 is 5.32 Å². The molecule has 0 bridgehead atoms. The monoisotopic (exact) mass is 223 g/mol. The summed E-state index contributed by atoms with van der Waals surface area (Å²) >= 11 is 0. The maximum atomic E-state index is 10.7. The van der Waals surface area contributed by atoms with Gasteiger partial charge in [0.2, 0.25) is 5.76 Å². The van der Waals surface area contributed by atoms with Crippen molar-refractivity contribution in [2.45, 2.75) is 38.8 Å². The fraction of sp³-hybridized carbons (Fsp3) is 0.583. The van der Waals surface area contributed by atoms with Gasteiger partial charge in [-0.05, 0) is 31.4 Å². The molecule has 0 saturated heterocycles. The molecular formula is C12H17NO3. The Morgan fingerprint density at radius 3 is 2.94 bits per heavy atom. The van der Waals surface area contributed by atoms with E-state index in [1.807, 2.05) is 6.92 Å². The molecule has 16 heavy (non-hydrogen) atoms. The summed E-state index contributed by atoms with van der Waals surface area (Å²) in [5.41, 5.74) is 0. The zero-order valence-electron chi connectivity index (χ0n) is 9.56. The van der Waals surface area contributed by atoms with Crippen LogP contribution in [0.5, 0.6) is 0 Å². The molecule has 1 saturated carbocycles. The van der Waals surface area contributed by atoms with E-state index in [4.69, 9.17) is 9.52 Å². The third-order valence-corrected chi connectivity index (χ3v) is 3.18. The van der Waals surface area contributed by atoms with Crippen molar-refractivity contribution < 1.29 is 14.3 Å². The van der Waals surface area contributed by atoms with Crippen LogP contribution in [0, 0.1) is 5.92 Å². The van der Waals surface area contributed by atoms with Crippen molar-refractivity contribution in [2.24, 2.45) is 5.92 Å². The molecule has 1 aromatic rings. The number of carboxylic acids is 1. The lowest BCUT2D eigenvalue weighted by molar-refractivity contribution is 0.0659. The fourth-order valence-electron chi connectivity index (χ4n) is 2.01. The van der Waals surface area contributed by atoms with Crippen LogP contribution in [0.15, 0.2) is 16.5 Å². The topological polar surface area (TPSA) is 62.5 Å². The molecule has 3 unspecified atom stereocenters. The molecule has 1 aliphatic carbocycles. The summed E-state index contributed by atoms with van der Waals surface area (Å²) in [5.74, 6) is 0.457. The Morgan fingerprint density at radius 2 is 2.44 bits per heavy atom. The van der Waals surface area contributed by atoms with E-state index in [1.54, 1.807) is 6.07 Å². The van der Waals surface area contributed by atoms with Crippen LogP contribution in [-0.4, -0.2) is 17.1 Å². The van der Waals surface area contributed by atoms with Gasteiger partial charge in [-0.2, -0.15) is 0 Å². The number of nitrogens with one attached hydrogen (secondary N) is 1. The minimum atomic E-state index is -1.02. The second kappa shape index (κ2) is 4.29. The third kappa shape index (κ3) is 2.27. The van der Waals surface area contributed by atoms with Crippen LogP contribution in [0.4, 0.5) is 0 Å². The van der Waals surface area contributed by atoms with Crippen LogP contribution in [0.25, 0.3) is 0 Å². The number of hydrogen-bond donors (Lipinski definition) is 2. The maximum Gasteiger partial charge on any atom is 0.371 e. The maximum absolute atomic E-state index is 10.7. The molecule has 0 spiro atoms. The number of aromatic carboxylic acids is 1. The summed E-state index contributed by atoms with van der Waals surface area (Å²) in [6.45, 7) is 4.18. The molecule has 3 atom stereocenters. The van der Waals surface area contributed by atoms with Crippen molar-refractivity contribution in [3.05, 3.63) is 23.7 Å². The molecule has 88 valence electrons. The molecule has 1 heterocycles. The fourth-order valence-corrected chi connectivity index (χ4v) is 2.01. The molecule has 0 amide bonds. The average Bonchev–Trinajstić information content (AvgIpc) is 2.80. The van der Waals surface area contributed by atoms with E-state index in [2.05, 4.69) is 12.2 Å². The van der Waals surface area contributed by atoms with Gasteiger partial charge in [-0.15, -0.1) is 0 Å². The van der Waals surface area contributed by atoms with Crippen LogP contribution in [0.1, 0.15) is 49.0 Å². The van der Waals surface area contributed by atoms with Crippen molar-refractivity contribution in [1.29, 1.82) is 0 Å². The third-order valence-electron chi connectivity index (χ3n) is 3.18. The van der Waals surface area contributed by atoms with Gasteiger partial charge in [0.15, 0.2) is 0 Å². The van der Waals surface area contributed by atoms with Gasteiger partial charge >= 0.3 is 5.97 Å². The summed E-state index contributed by atoms with van der Waals surface area (Å²) in [4.78, 5) is 10.7. The second-order valence-electron chi connectivity index (χ2n) is 4.41. The summed E-state index contributed by atoms with van der Waals surface area (Å²) in [5, 5.41) is 12.2. The highest BCUT2D eigenvalue weighted by atomic mass is 16.4. The number of carboxylic acid groups (broad SMARTS) is 1. The first-order valence-corrected chi connectivity index (χ1v) is 5.71. The highest BCUT2D eigenvalue weighted by molar-refractivity contribution is 5.84. The van der Waals surface area contributed by atoms with Crippen molar-refractivity contribution in [3.8, 4) is 0 Å². The van der Waals surface area contributed by atoms with Gasteiger partial charge in [0.05, 0.1) is 6.04 Å². The van der Waals surface area contributed by atoms with Crippen LogP contribution in [0.2, 0.25) is 0 Å². The van der Waals surface area contributed by atoms with Gasteiger partial charge in [0.1, 0.15) is 5.76 Å². The van der Waals surface area contributed by atoms with Crippen LogP contribution in [-0.2, 0) is 0 Å². The predicted octanol–water partition coefficient (Wildman–Crippen LogP) is 2.43. The van der Waals surface area contributed by atoms with Gasteiger partial charge in [-0.3, -0.25) is 0 Å². The first-order valence-electron chi connectivity index (χ1n) is 5.71. The van der Waals surface area contributed by atoms with Crippen LogP contribution >= 0.6 is 0 Å². The standard InChI is InChI=1S/C12H17NO3/c1-3-8-6-9(8)13-7(2)10-4-5-11(16-10)12(14)15/h4-5,7-9,13H,3,6H2,1-2H3,(H,14,15).